The van der Waals surface area contributed by atoms with Gasteiger partial charge in [0.25, 0.3) is 0 Å². The van der Waals surface area contributed by atoms with Crippen LogP contribution in [-0.4, -0.2) is 16.8 Å². The third-order valence-corrected chi connectivity index (χ3v) is 3.89. The first kappa shape index (κ1) is 11.8. The smallest absolute Gasteiger partial charge is 0.245 e. The number of hydrogen-bond donors (Lipinski definition) is 1. The number of nitrogens with one attached hydrogen (secondary N) is 1. The number of benzene rings is 1. The van der Waals surface area contributed by atoms with E-state index in [9.17, 15) is 9.59 Å². The lowest BCUT2D eigenvalue weighted by molar-refractivity contribution is -0.148. The van der Waals surface area contributed by atoms with Crippen molar-refractivity contribution in [3.63, 3.8) is 0 Å². The van der Waals surface area contributed by atoms with Crippen LogP contribution >= 0.6 is 23.2 Å². The van der Waals surface area contributed by atoms with Crippen molar-refractivity contribution in [2.24, 2.45) is 11.8 Å². The maximum Gasteiger partial charge on any atom is 0.245 e. The molecule has 2 unspecified atom stereocenters. The number of halogens is 2. The van der Waals surface area contributed by atoms with Crippen LogP contribution in [0, 0.1) is 11.8 Å². The first-order valence-corrected chi connectivity index (χ1v) is 6.37. The number of nitrogens with zero attached hydrogens (tertiary/aromatic N) is 1. The van der Waals surface area contributed by atoms with Crippen molar-refractivity contribution < 1.29 is 9.59 Å². The molecule has 0 spiro atoms. The molecule has 0 radical (unpaired) electrons. The second-order valence-electron chi connectivity index (χ2n) is 4.58. The molecule has 94 valence electrons. The van der Waals surface area contributed by atoms with Crippen LogP contribution in [0.2, 0.25) is 10.0 Å². The van der Waals surface area contributed by atoms with Crippen LogP contribution in [0.15, 0.2) is 18.2 Å². The van der Waals surface area contributed by atoms with E-state index in [0.29, 0.717) is 16.5 Å². The molecule has 6 heteroatoms. The summed E-state index contributed by atoms with van der Waals surface area (Å²) in [5, 5.41) is 2.37. The van der Waals surface area contributed by atoms with Crippen LogP contribution in [0.3, 0.4) is 0 Å². The fourth-order valence-electron chi connectivity index (χ4n) is 2.17. The van der Waals surface area contributed by atoms with E-state index in [1.807, 2.05) is 0 Å². The van der Waals surface area contributed by atoms with E-state index in [0.717, 1.165) is 5.56 Å². The summed E-state index contributed by atoms with van der Waals surface area (Å²) >= 11 is 11.9. The van der Waals surface area contributed by atoms with Gasteiger partial charge in [0.15, 0.2) is 0 Å². The van der Waals surface area contributed by atoms with Gasteiger partial charge in [0.2, 0.25) is 11.8 Å². The summed E-state index contributed by atoms with van der Waals surface area (Å²) in [6.45, 7) is 0.268. The molecule has 18 heavy (non-hydrogen) atoms. The van der Waals surface area contributed by atoms with E-state index >= 15 is 0 Å². The summed E-state index contributed by atoms with van der Waals surface area (Å²) in [5.41, 5.74) is 3.36. The Morgan fingerprint density at radius 1 is 1.28 bits per heavy atom. The van der Waals surface area contributed by atoms with Gasteiger partial charge < -0.3 is 0 Å². The van der Waals surface area contributed by atoms with Gasteiger partial charge in [0, 0.05) is 10.0 Å². The first-order valence-electron chi connectivity index (χ1n) is 5.62. The molecule has 1 N–H and O–H groups in total. The van der Waals surface area contributed by atoms with Gasteiger partial charge in [-0.25, -0.2) is 5.01 Å². The average molecular weight is 285 g/mol. The molecule has 2 fully saturated rings. The number of rotatable bonds is 2. The average Bonchev–Trinajstić information content (AvgIpc) is 3.09. The highest BCUT2D eigenvalue weighted by molar-refractivity contribution is 6.35. The number of amides is 2. The molecular formula is C12H10Cl2N2O2. The Balaban J connectivity index is 1.79. The van der Waals surface area contributed by atoms with Gasteiger partial charge in [-0.05, 0) is 24.1 Å². The number of carbonyl (C=O) groups is 2. The van der Waals surface area contributed by atoms with E-state index < -0.39 is 0 Å². The zero-order chi connectivity index (χ0) is 12.9. The minimum absolute atomic E-state index is 0.0365. The largest absolute Gasteiger partial charge is 0.273 e. The van der Waals surface area contributed by atoms with Gasteiger partial charge in [-0.15, -0.1) is 0 Å². The third-order valence-electron chi connectivity index (χ3n) is 3.30. The molecule has 4 nitrogen and oxygen atoms in total. The fraction of sp³-hybridized carbons (Fsp3) is 0.333. The normalized spacial score (nSPS) is 25.8. The lowest BCUT2D eigenvalue weighted by Crippen LogP contribution is -2.51. The summed E-state index contributed by atoms with van der Waals surface area (Å²) < 4.78 is 0. The van der Waals surface area contributed by atoms with Crippen LogP contribution in [0.1, 0.15) is 12.0 Å². The number of fused-ring (bicyclic) bond motifs is 1. The summed E-state index contributed by atoms with van der Waals surface area (Å²) in [4.78, 5) is 23.5. The van der Waals surface area contributed by atoms with Crippen molar-refractivity contribution in [1.82, 2.24) is 10.4 Å². The highest BCUT2D eigenvalue weighted by Gasteiger charge is 2.53. The Kier molecular flexibility index (Phi) is 2.72. The molecule has 1 aliphatic heterocycles. The predicted molar refractivity (Wildman–Crippen MR) is 66.8 cm³/mol. The highest BCUT2D eigenvalue weighted by atomic mass is 35.5. The molecule has 1 aromatic rings. The monoisotopic (exact) mass is 284 g/mol. The van der Waals surface area contributed by atoms with Crippen LogP contribution in [0.25, 0.3) is 0 Å². The third kappa shape index (κ3) is 1.95. The zero-order valence-corrected chi connectivity index (χ0v) is 10.8. The fourth-order valence-corrected chi connectivity index (χ4v) is 2.63. The van der Waals surface area contributed by atoms with Gasteiger partial charge in [0.1, 0.15) is 0 Å². The molecule has 2 atom stereocenters. The van der Waals surface area contributed by atoms with Gasteiger partial charge in [-0.1, -0.05) is 29.3 Å². The Bertz CT molecular complexity index is 547. The van der Waals surface area contributed by atoms with Gasteiger partial charge in [0.05, 0.1) is 18.4 Å². The molecule has 1 aliphatic carbocycles. The molecule has 2 amide bonds. The topological polar surface area (TPSA) is 49.4 Å². The van der Waals surface area contributed by atoms with Crippen molar-refractivity contribution in [3.8, 4) is 0 Å². The summed E-state index contributed by atoms with van der Waals surface area (Å²) in [7, 11) is 0. The zero-order valence-electron chi connectivity index (χ0n) is 9.32. The minimum Gasteiger partial charge on any atom is -0.273 e. The predicted octanol–water partition coefficient (Wildman–Crippen LogP) is 2.00. The van der Waals surface area contributed by atoms with E-state index in [1.165, 1.54) is 5.01 Å². The lowest BCUT2D eigenvalue weighted by atomic mass is 10.2. The maximum atomic E-state index is 11.9. The molecule has 2 aliphatic rings. The Hall–Kier alpha value is -1.26. The Morgan fingerprint density at radius 2 is 2.06 bits per heavy atom. The van der Waals surface area contributed by atoms with Crippen molar-refractivity contribution in [2.75, 3.05) is 0 Å². The second-order valence-corrected chi connectivity index (χ2v) is 5.43. The van der Waals surface area contributed by atoms with Crippen molar-refractivity contribution in [2.45, 2.75) is 13.0 Å². The van der Waals surface area contributed by atoms with E-state index in [4.69, 9.17) is 23.2 Å². The first-order chi connectivity index (χ1) is 8.56. The number of carbonyl (C=O) groups excluding carboxylic acids is 2. The second kappa shape index (κ2) is 4.14. The number of hydrogen-bond acceptors (Lipinski definition) is 2. The Morgan fingerprint density at radius 3 is 2.78 bits per heavy atom. The standard InChI is InChI=1S/C12H10Cl2N2O2/c13-7-2-1-6(10(14)3-7)5-16-12(18)9-4-8(9)11(17)15-16/h1-3,8-9H,4-5H2,(H,15,17). The molecule has 0 aromatic heterocycles. The van der Waals surface area contributed by atoms with Crippen molar-refractivity contribution in [1.29, 1.82) is 0 Å². The van der Waals surface area contributed by atoms with Gasteiger partial charge >= 0.3 is 0 Å². The van der Waals surface area contributed by atoms with Crippen LogP contribution in [0.4, 0.5) is 0 Å². The molecule has 1 saturated heterocycles. The van der Waals surface area contributed by atoms with E-state index in [1.54, 1.807) is 18.2 Å². The van der Waals surface area contributed by atoms with Crippen molar-refractivity contribution in [3.05, 3.63) is 33.8 Å². The maximum absolute atomic E-state index is 11.9. The Labute approximate surface area is 114 Å². The molecule has 1 saturated carbocycles. The molecule has 1 heterocycles. The molecule has 1 aromatic carbocycles. The van der Waals surface area contributed by atoms with Crippen LogP contribution < -0.4 is 5.43 Å². The van der Waals surface area contributed by atoms with E-state index in [2.05, 4.69) is 5.43 Å². The molecule has 3 rings (SSSR count). The minimum atomic E-state index is -0.134. The van der Waals surface area contributed by atoms with Crippen molar-refractivity contribution >= 4 is 35.0 Å². The summed E-state index contributed by atoms with van der Waals surface area (Å²) in [5.74, 6) is -0.366. The summed E-state index contributed by atoms with van der Waals surface area (Å²) in [6, 6.07) is 5.08. The quantitative estimate of drug-likeness (QED) is 0.903. The molecular weight excluding hydrogens is 275 g/mol. The van der Waals surface area contributed by atoms with E-state index in [-0.39, 0.29) is 30.2 Å². The number of hydrazine groups is 1. The lowest BCUT2D eigenvalue weighted by Gasteiger charge is -2.27. The summed E-state index contributed by atoms with van der Waals surface area (Å²) in [6.07, 6.45) is 0.662. The van der Waals surface area contributed by atoms with Gasteiger partial charge in [-0.3, -0.25) is 15.0 Å². The van der Waals surface area contributed by atoms with Gasteiger partial charge in [-0.2, -0.15) is 0 Å². The highest BCUT2D eigenvalue weighted by Crippen LogP contribution is 2.42. The van der Waals surface area contributed by atoms with Crippen LogP contribution in [0.5, 0.6) is 0 Å². The SMILES string of the molecule is O=C1NN(Cc2ccc(Cl)cc2Cl)C(=O)C2CC12. The van der Waals surface area contributed by atoms with Crippen LogP contribution in [-0.2, 0) is 16.1 Å². The molecule has 0 bridgehead atoms.